The second-order valence-corrected chi connectivity index (χ2v) is 7.39. The van der Waals surface area contributed by atoms with E-state index in [9.17, 15) is 0 Å². The molecule has 2 aromatic heterocycles. The van der Waals surface area contributed by atoms with Gasteiger partial charge in [0.15, 0.2) is 5.82 Å². The lowest BCUT2D eigenvalue weighted by Crippen LogP contribution is -2.04. The lowest BCUT2D eigenvalue weighted by Gasteiger charge is -2.13. The van der Waals surface area contributed by atoms with Gasteiger partial charge in [0.25, 0.3) is 0 Å². The molecule has 0 atom stereocenters. The van der Waals surface area contributed by atoms with E-state index in [2.05, 4.69) is 66.2 Å². The molecule has 24 heavy (non-hydrogen) atoms. The second kappa shape index (κ2) is 5.53. The first-order valence-corrected chi connectivity index (χ1v) is 8.70. The van der Waals surface area contributed by atoms with Crippen molar-refractivity contribution in [1.82, 2.24) is 19.7 Å². The third-order valence-corrected chi connectivity index (χ3v) is 5.08. The minimum absolute atomic E-state index is 0.859. The van der Waals surface area contributed by atoms with Gasteiger partial charge < -0.3 is 0 Å². The summed E-state index contributed by atoms with van der Waals surface area (Å²) in [6.07, 6.45) is 1.62. The van der Waals surface area contributed by atoms with E-state index in [4.69, 9.17) is 0 Å². The van der Waals surface area contributed by atoms with Crippen molar-refractivity contribution in [1.29, 1.82) is 0 Å². The normalized spacial score (nSPS) is 11.3. The predicted molar refractivity (Wildman–Crippen MR) is 98.9 cm³/mol. The number of fused-ring (bicyclic) bond motifs is 1. The van der Waals surface area contributed by atoms with Crippen LogP contribution in [0.15, 0.2) is 36.7 Å². The Hall–Kier alpha value is -2.53. The van der Waals surface area contributed by atoms with Crippen LogP contribution in [0.25, 0.3) is 27.3 Å². The van der Waals surface area contributed by atoms with E-state index >= 15 is 0 Å². The number of rotatable bonds is 2. The molecule has 0 aliphatic carbocycles. The van der Waals surface area contributed by atoms with Crippen molar-refractivity contribution in [2.45, 2.75) is 27.7 Å². The summed E-state index contributed by atoms with van der Waals surface area (Å²) in [5.41, 5.74) is 6.87. The van der Waals surface area contributed by atoms with Gasteiger partial charge in [-0.25, -0.2) is 14.6 Å². The van der Waals surface area contributed by atoms with Crippen LogP contribution in [0.3, 0.4) is 0 Å². The Bertz CT molecular complexity index is 1040. The summed E-state index contributed by atoms with van der Waals surface area (Å²) in [6.45, 7) is 8.39. The average molecular weight is 334 g/mol. The largest absolute Gasteiger partial charge is 0.242 e. The maximum absolute atomic E-state index is 4.53. The highest BCUT2D eigenvalue weighted by atomic mass is 32.1. The fourth-order valence-electron chi connectivity index (χ4n) is 3.29. The van der Waals surface area contributed by atoms with Gasteiger partial charge in [0.2, 0.25) is 0 Å². The highest BCUT2D eigenvalue weighted by Crippen LogP contribution is 2.29. The maximum Gasteiger partial charge on any atom is 0.163 e. The molecule has 4 rings (SSSR count). The van der Waals surface area contributed by atoms with Crippen LogP contribution in [-0.4, -0.2) is 19.7 Å². The van der Waals surface area contributed by atoms with Crippen LogP contribution < -0.4 is 0 Å². The van der Waals surface area contributed by atoms with E-state index in [0.717, 1.165) is 27.6 Å². The summed E-state index contributed by atoms with van der Waals surface area (Å²) in [5, 5.41) is 5.57. The van der Waals surface area contributed by atoms with Gasteiger partial charge in [0, 0.05) is 5.56 Å². The summed E-state index contributed by atoms with van der Waals surface area (Å²) >= 11 is 1.70. The van der Waals surface area contributed by atoms with Crippen molar-refractivity contribution < 1.29 is 0 Å². The van der Waals surface area contributed by atoms with Crippen molar-refractivity contribution in [3.63, 3.8) is 0 Å². The van der Waals surface area contributed by atoms with Gasteiger partial charge in [-0.15, -0.1) is 11.3 Å². The molecule has 0 bridgehead atoms. The van der Waals surface area contributed by atoms with Crippen molar-refractivity contribution >= 4 is 21.6 Å². The van der Waals surface area contributed by atoms with Gasteiger partial charge in [-0.1, -0.05) is 17.7 Å². The fourth-order valence-corrected chi connectivity index (χ4v) is 4.15. The summed E-state index contributed by atoms with van der Waals surface area (Å²) in [7, 11) is 0. The molecule has 2 aromatic carbocycles. The Balaban J connectivity index is 1.91. The van der Waals surface area contributed by atoms with Crippen LogP contribution in [-0.2, 0) is 0 Å². The number of benzene rings is 2. The molecular formula is C19H18N4S. The first kappa shape index (κ1) is 15.0. The highest BCUT2D eigenvalue weighted by Gasteiger charge is 2.14. The Morgan fingerprint density at radius 1 is 0.958 bits per heavy atom. The zero-order valence-corrected chi connectivity index (χ0v) is 15.0. The maximum atomic E-state index is 4.53. The van der Waals surface area contributed by atoms with Crippen molar-refractivity contribution in [2.75, 3.05) is 0 Å². The minimum Gasteiger partial charge on any atom is -0.242 e. The van der Waals surface area contributed by atoms with Gasteiger partial charge in [0.05, 0.1) is 20.9 Å². The minimum atomic E-state index is 0.859. The molecule has 0 unspecified atom stereocenters. The SMILES string of the molecule is Cc1cc(C)c(-n2ncnc2-c2ccc3nc(C)sc3c2)c(C)c1. The summed E-state index contributed by atoms with van der Waals surface area (Å²) in [5.74, 6) is 0.859. The molecule has 0 amide bonds. The van der Waals surface area contributed by atoms with Crippen LogP contribution in [0.2, 0.25) is 0 Å². The van der Waals surface area contributed by atoms with E-state index in [1.807, 2.05) is 11.6 Å². The van der Waals surface area contributed by atoms with E-state index in [1.165, 1.54) is 21.4 Å². The smallest absolute Gasteiger partial charge is 0.163 e. The number of hydrogen-bond donors (Lipinski definition) is 0. The monoisotopic (exact) mass is 334 g/mol. The molecule has 0 saturated carbocycles. The number of nitrogens with zero attached hydrogens (tertiary/aromatic N) is 4. The van der Waals surface area contributed by atoms with Crippen LogP contribution in [0, 0.1) is 27.7 Å². The molecule has 0 N–H and O–H groups in total. The van der Waals surface area contributed by atoms with Crippen molar-refractivity contribution in [3.05, 3.63) is 58.4 Å². The third-order valence-electron chi connectivity index (χ3n) is 4.15. The van der Waals surface area contributed by atoms with Gasteiger partial charge in [-0.05, 0) is 57.0 Å². The Labute approximate surface area is 144 Å². The fraction of sp³-hybridized carbons (Fsp3) is 0.211. The van der Waals surface area contributed by atoms with Gasteiger partial charge in [0.1, 0.15) is 6.33 Å². The van der Waals surface area contributed by atoms with Crippen LogP contribution >= 0.6 is 11.3 Å². The standard InChI is InChI=1S/C19H18N4S/c1-11-7-12(2)18(13(3)8-11)23-19(20-10-21-23)15-5-6-16-17(9-15)24-14(4)22-16/h5-10H,1-4H3. The first-order chi connectivity index (χ1) is 11.5. The van der Waals surface area contributed by atoms with Crippen molar-refractivity contribution in [3.8, 4) is 17.1 Å². The molecule has 0 radical (unpaired) electrons. The van der Waals surface area contributed by atoms with Crippen LogP contribution in [0.1, 0.15) is 21.7 Å². The van der Waals surface area contributed by atoms with E-state index < -0.39 is 0 Å². The number of aromatic nitrogens is 4. The number of thiazole rings is 1. The van der Waals surface area contributed by atoms with Gasteiger partial charge >= 0.3 is 0 Å². The molecule has 4 aromatic rings. The topological polar surface area (TPSA) is 43.6 Å². The van der Waals surface area contributed by atoms with Gasteiger partial charge in [-0.2, -0.15) is 5.10 Å². The molecule has 120 valence electrons. The molecular weight excluding hydrogens is 316 g/mol. The Morgan fingerprint density at radius 2 is 1.71 bits per heavy atom. The second-order valence-electron chi connectivity index (χ2n) is 6.16. The van der Waals surface area contributed by atoms with Crippen LogP contribution in [0.4, 0.5) is 0 Å². The lowest BCUT2D eigenvalue weighted by molar-refractivity contribution is 0.870. The quantitative estimate of drug-likeness (QED) is 0.530. The highest BCUT2D eigenvalue weighted by molar-refractivity contribution is 7.18. The average Bonchev–Trinajstić information content (AvgIpc) is 3.10. The lowest BCUT2D eigenvalue weighted by atomic mass is 10.0. The number of aryl methyl sites for hydroxylation is 4. The zero-order valence-electron chi connectivity index (χ0n) is 14.2. The predicted octanol–water partition coefficient (Wildman–Crippen LogP) is 4.78. The van der Waals surface area contributed by atoms with Crippen molar-refractivity contribution in [2.24, 2.45) is 0 Å². The first-order valence-electron chi connectivity index (χ1n) is 7.89. The summed E-state index contributed by atoms with van der Waals surface area (Å²) in [4.78, 5) is 9.05. The van der Waals surface area contributed by atoms with E-state index in [1.54, 1.807) is 17.7 Å². The molecule has 0 spiro atoms. The molecule has 5 heteroatoms. The summed E-state index contributed by atoms with van der Waals surface area (Å²) < 4.78 is 3.12. The van der Waals surface area contributed by atoms with Gasteiger partial charge in [-0.3, -0.25) is 0 Å². The Morgan fingerprint density at radius 3 is 2.46 bits per heavy atom. The molecule has 0 fully saturated rings. The van der Waals surface area contributed by atoms with Crippen LogP contribution in [0.5, 0.6) is 0 Å². The Kier molecular flexibility index (Phi) is 3.46. The third kappa shape index (κ3) is 2.41. The molecule has 4 nitrogen and oxygen atoms in total. The molecule has 2 heterocycles. The molecule has 0 aliphatic rings. The summed E-state index contributed by atoms with van der Waals surface area (Å²) in [6, 6.07) is 10.6. The number of hydrogen-bond acceptors (Lipinski definition) is 4. The molecule has 0 saturated heterocycles. The zero-order chi connectivity index (χ0) is 16.8. The van der Waals surface area contributed by atoms with E-state index in [0.29, 0.717) is 0 Å². The molecule has 0 aliphatic heterocycles. The van der Waals surface area contributed by atoms with E-state index in [-0.39, 0.29) is 0 Å².